The Kier molecular flexibility index (Phi) is 5.07. The quantitative estimate of drug-likeness (QED) is 0.872. The van der Waals surface area contributed by atoms with Crippen LogP contribution in [0.15, 0.2) is 18.2 Å². The zero-order chi connectivity index (χ0) is 15.4. The normalized spacial score (nSPS) is 17.7. The third kappa shape index (κ3) is 3.67. The van der Waals surface area contributed by atoms with E-state index >= 15 is 0 Å². The zero-order valence-electron chi connectivity index (χ0n) is 12.2. The van der Waals surface area contributed by atoms with Gasteiger partial charge in [-0.05, 0) is 44.4 Å². The van der Waals surface area contributed by atoms with Crippen LogP contribution in [0.4, 0.5) is 10.5 Å². The molecule has 0 spiro atoms. The highest BCUT2D eigenvalue weighted by atomic mass is 35.5. The molecule has 0 aliphatic carbocycles. The lowest BCUT2D eigenvalue weighted by Crippen LogP contribution is -2.43. The number of carbonyl (C=O) groups excluding carboxylic acids is 2. The smallest absolute Gasteiger partial charge is 0.328 e. The fourth-order valence-corrected chi connectivity index (χ4v) is 2.54. The summed E-state index contributed by atoms with van der Waals surface area (Å²) in [6, 6.07) is 4.53. The molecule has 0 radical (unpaired) electrons. The summed E-state index contributed by atoms with van der Waals surface area (Å²) in [5.41, 5.74) is 1.56. The monoisotopic (exact) mass is 310 g/mol. The molecule has 1 saturated heterocycles. The minimum Gasteiger partial charge on any atom is -0.464 e. The number of hydrogen-bond donors (Lipinski definition) is 1. The summed E-state index contributed by atoms with van der Waals surface area (Å²) < 4.78 is 5.01. The number of aryl methyl sites for hydroxylation is 1. The number of nitrogens with one attached hydrogen (secondary N) is 1. The molecular formula is C15H19ClN2O3. The average molecular weight is 311 g/mol. The average Bonchev–Trinajstić information content (AvgIpc) is 2.92. The number of ether oxygens (including phenoxy) is 1. The second-order valence-electron chi connectivity index (χ2n) is 5.00. The first-order valence-corrected chi connectivity index (χ1v) is 7.41. The summed E-state index contributed by atoms with van der Waals surface area (Å²) in [6.07, 6.45) is 1.44. The lowest BCUT2D eigenvalue weighted by Gasteiger charge is -2.23. The van der Waals surface area contributed by atoms with Crippen molar-refractivity contribution >= 4 is 29.3 Å². The van der Waals surface area contributed by atoms with Gasteiger partial charge in [-0.1, -0.05) is 17.7 Å². The van der Waals surface area contributed by atoms with Crippen LogP contribution in [0.3, 0.4) is 0 Å². The van der Waals surface area contributed by atoms with Crippen molar-refractivity contribution in [3.05, 3.63) is 28.8 Å². The lowest BCUT2D eigenvalue weighted by molar-refractivity contribution is -0.147. The number of amides is 2. The molecule has 0 aromatic heterocycles. The maximum absolute atomic E-state index is 12.3. The number of anilines is 1. The Hall–Kier alpha value is -1.75. The summed E-state index contributed by atoms with van der Waals surface area (Å²) in [4.78, 5) is 25.7. The molecule has 1 aromatic rings. The van der Waals surface area contributed by atoms with Crippen LogP contribution < -0.4 is 5.32 Å². The summed E-state index contributed by atoms with van der Waals surface area (Å²) >= 11 is 6.04. The van der Waals surface area contributed by atoms with E-state index < -0.39 is 6.04 Å². The van der Waals surface area contributed by atoms with Crippen LogP contribution in [-0.4, -0.2) is 36.1 Å². The summed E-state index contributed by atoms with van der Waals surface area (Å²) in [6.45, 7) is 4.52. The highest BCUT2D eigenvalue weighted by Gasteiger charge is 2.35. The molecule has 1 aromatic carbocycles. The predicted molar refractivity (Wildman–Crippen MR) is 81.6 cm³/mol. The number of carbonyl (C=O) groups is 2. The first kappa shape index (κ1) is 15.6. The zero-order valence-corrected chi connectivity index (χ0v) is 12.9. The van der Waals surface area contributed by atoms with Gasteiger partial charge in [-0.25, -0.2) is 9.59 Å². The third-order valence-corrected chi connectivity index (χ3v) is 3.90. The molecule has 1 N–H and O–H groups in total. The number of hydrogen-bond acceptors (Lipinski definition) is 3. The van der Waals surface area contributed by atoms with Crippen LogP contribution in [-0.2, 0) is 9.53 Å². The lowest BCUT2D eigenvalue weighted by atomic mass is 10.2. The largest absolute Gasteiger partial charge is 0.464 e. The van der Waals surface area contributed by atoms with Crippen LogP contribution in [0.2, 0.25) is 5.02 Å². The predicted octanol–water partition coefficient (Wildman–Crippen LogP) is 3.21. The van der Waals surface area contributed by atoms with E-state index in [1.165, 1.54) is 4.90 Å². The highest BCUT2D eigenvalue weighted by molar-refractivity contribution is 6.31. The molecule has 6 heteroatoms. The second kappa shape index (κ2) is 6.80. The fraction of sp³-hybridized carbons (Fsp3) is 0.467. The van der Waals surface area contributed by atoms with Crippen molar-refractivity contribution in [2.75, 3.05) is 18.5 Å². The van der Waals surface area contributed by atoms with Crippen molar-refractivity contribution in [2.45, 2.75) is 32.7 Å². The number of urea groups is 1. The minimum atomic E-state index is -0.495. The maximum atomic E-state index is 12.3. The Morgan fingerprint density at radius 1 is 1.48 bits per heavy atom. The number of halogens is 1. The van der Waals surface area contributed by atoms with E-state index in [0.717, 1.165) is 12.0 Å². The van der Waals surface area contributed by atoms with Gasteiger partial charge < -0.3 is 15.0 Å². The van der Waals surface area contributed by atoms with Crippen molar-refractivity contribution in [1.29, 1.82) is 0 Å². The summed E-state index contributed by atoms with van der Waals surface area (Å²) in [5.74, 6) is -0.341. The second-order valence-corrected chi connectivity index (χ2v) is 5.40. The maximum Gasteiger partial charge on any atom is 0.328 e. The molecule has 1 aliphatic rings. The number of esters is 1. The van der Waals surface area contributed by atoms with Gasteiger partial charge in [0.25, 0.3) is 0 Å². The van der Waals surface area contributed by atoms with Gasteiger partial charge >= 0.3 is 12.0 Å². The number of benzene rings is 1. The molecule has 1 heterocycles. The van der Waals surface area contributed by atoms with E-state index in [-0.39, 0.29) is 12.0 Å². The first-order valence-electron chi connectivity index (χ1n) is 7.03. The van der Waals surface area contributed by atoms with E-state index in [9.17, 15) is 9.59 Å². The van der Waals surface area contributed by atoms with E-state index in [2.05, 4.69) is 5.32 Å². The standard InChI is InChI=1S/C15H19ClN2O3/c1-3-21-14(19)13-5-4-8-18(13)15(20)17-11-7-6-10(2)12(16)9-11/h6-7,9,13H,3-5,8H2,1-2H3,(H,17,20)/t13-/m0/s1. The molecule has 0 saturated carbocycles. The molecular weight excluding hydrogens is 292 g/mol. The Morgan fingerprint density at radius 2 is 2.24 bits per heavy atom. The summed E-state index contributed by atoms with van der Waals surface area (Å²) in [5, 5.41) is 3.37. The summed E-state index contributed by atoms with van der Waals surface area (Å²) in [7, 11) is 0. The molecule has 1 fully saturated rings. The molecule has 2 rings (SSSR count). The van der Waals surface area contributed by atoms with Crippen LogP contribution in [0, 0.1) is 6.92 Å². The molecule has 5 nitrogen and oxygen atoms in total. The van der Waals surface area contributed by atoms with E-state index in [0.29, 0.717) is 30.3 Å². The molecule has 21 heavy (non-hydrogen) atoms. The van der Waals surface area contributed by atoms with Gasteiger partial charge in [0.1, 0.15) is 6.04 Å². The SMILES string of the molecule is CCOC(=O)[C@@H]1CCCN1C(=O)Nc1ccc(C)c(Cl)c1. The van der Waals surface area contributed by atoms with Gasteiger partial charge in [0.05, 0.1) is 6.61 Å². The van der Waals surface area contributed by atoms with Gasteiger partial charge in [-0.2, -0.15) is 0 Å². The van der Waals surface area contributed by atoms with E-state index in [1.54, 1.807) is 19.1 Å². The molecule has 1 aliphatic heterocycles. The Bertz CT molecular complexity index is 548. The molecule has 0 bridgehead atoms. The van der Waals surface area contributed by atoms with Gasteiger partial charge in [0.2, 0.25) is 0 Å². The topological polar surface area (TPSA) is 58.6 Å². The Balaban J connectivity index is 2.04. The van der Waals surface area contributed by atoms with Crippen molar-refractivity contribution < 1.29 is 14.3 Å². The fourth-order valence-electron chi connectivity index (χ4n) is 2.36. The van der Waals surface area contributed by atoms with Crippen molar-refractivity contribution in [2.24, 2.45) is 0 Å². The Morgan fingerprint density at radius 3 is 2.90 bits per heavy atom. The van der Waals surface area contributed by atoms with Gasteiger partial charge in [0.15, 0.2) is 0 Å². The van der Waals surface area contributed by atoms with Crippen LogP contribution in [0.1, 0.15) is 25.3 Å². The van der Waals surface area contributed by atoms with E-state index in [1.807, 2.05) is 13.0 Å². The number of nitrogens with zero attached hydrogens (tertiary/aromatic N) is 1. The minimum absolute atomic E-state index is 0.300. The number of likely N-dealkylation sites (tertiary alicyclic amines) is 1. The van der Waals surface area contributed by atoms with Crippen LogP contribution in [0.25, 0.3) is 0 Å². The van der Waals surface area contributed by atoms with Crippen molar-refractivity contribution in [3.63, 3.8) is 0 Å². The third-order valence-electron chi connectivity index (χ3n) is 3.50. The van der Waals surface area contributed by atoms with Gasteiger partial charge in [0, 0.05) is 17.3 Å². The van der Waals surface area contributed by atoms with Gasteiger partial charge in [-0.3, -0.25) is 0 Å². The van der Waals surface area contributed by atoms with Crippen LogP contribution >= 0.6 is 11.6 Å². The Labute approximate surface area is 129 Å². The van der Waals surface area contributed by atoms with Crippen molar-refractivity contribution in [1.82, 2.24) is 4.90 Å². The molecule has 2 amide bonds. The molecule has 0 unspecified atom stereocenters. The molecule has 114 valence electrons. The highest BCUT2D eigenvalue weighted by Crippen LogP contribution is 2.23. The van der Waals surface area contributed by atoms with Crippen LogP contribution in [0.5, 0.6) is 0 Å². The first-order chi connectivity index (χ1) is 10.0. The van der Waals surface area contributed by atoms with Crippen molar-refractivity contribution in [3.8, 4) is 0 Å². The van der Waals surface area contributed by atoms with Gasteiger partial charge in [-0.15, -0.1) is 0 Å². The number of rotatable bonds is 3. The molecule has 1 atom stereocenters. The van der Waals surface area contributed by atoms with E-state index in [4.69, 9.17) is 16.3 Å².